The molecule has 0 amide bonds. The van der Waals surface area contributed by atoms with Crippen molar-refractivity contribution in [3.63, 3.8) is 0 Å². The highest BCUT2D eigenvalue weighted by Gasteiger charge is 2.10. The molecule has 0 radical (unpaired) electrons. The van der Waals surface area contributed by atoms with E-state index in [1.165, 1.54) is 12.1 Å². The summed E-state index contributed by atoms with van der Waals surface area (Å²) >= 11 is 0. The molecule has 0 N–H and O–H groups in total. The monoisotopic (exact) mass is 297 g/mol. The first-order chi connectivity index (χ1) is 10.7. The van der Waals surface area contributed by atoms with Crippen LogP contribution in [0.5, 0.6) is 0 Å². The summed E-state index contributed by atoms with van der Waals surface area (Å²) < 4.78 is 18.6. The molecule has 2 aromatic carbocycles. The first kappa shape index (κ1) is 14.4. The van der Waals surface area contributed by atoms with E-state index >= 15 is 0 Å². The van der Waals surface area contributed by atoms with E-state index in [2.05, 4.69) is 10.2 Å². The van der Waals surface area contributed by atoms with Gasteiger partial charge in [0.15, 0.2) is 0 Å². The Morgan fingerprint density at radius 1 is 0.955 bits per heavy atom. The SMILES string of the molecule is CN(Cc1ccc(F)cc1)Cc1nnc(-c2ccccc2)o1. The van der Waals surface area contributed by atoms with Crippen LogP contribution in [0.3, 0.4) is 0 Å². The van der Waals surface area contributed by atoms with Crippen molar-refractivity contribution in [1.29, 1.82) is 0 Å². The molecule has 22 heavy (non-hydrogen) atoms. The summed E-state index contributed by atoms with van der Waals surface area (Å²) in [6.07, 6.45) is 0. The average molecular weight is 297 g/mol. The lowest BCUT2D eigenvalue weighted by molar-refractivity contribution is 0.282. The van der Waals surface area contributed by atoms with Crippen molar-refractivity contribution in [2.75, 3.05) is 7.05 Å². The fraction of sp³-hybridized carbons (Fsp3) is 0.176. The molecule has 1 heterocycles. The highest BCUT2D eigenvalue weighted by Crippen LogP contribution is 2.17. The first-order valence-corrected chi connectivity index (χ1v) is 7.01. The van der Waals surface area contributed by atoms with Crippen LogP contribution in [0, 0.1) is 5.82 Å². The standard InChI is InChI=1S/C17H16FN3O/c1-21(11-13-7-9-15(18)10-8-13)12-16-19-20-17(22-16)14-5-3-2-4-6-14/h2-10H,11-12H2,1H3. The van der Waals surface area contributed by atoms with Crippen LogP contribution >= 0.6 is 0 Å². The van der Waals surface area contributed by atoms with Gasteiger partial charge in [0.2, 0.25) is 11.8 Å². The van der Waals surface area contributed by atoms with Crippen LogP contribution in [-0.2, 0) is 13.1 Å². The second-order valence-electron chi connectivity index (χ2n) is 5.17. The number of aromatic nitrogens is 2. The molecule has 0 bridgehead atoms. The fourth-order valence-electron chi connectivity index (χ4n) is 2.20. The Morgan fingerprint density at radius 2 is 1.68 bits per heavy atom. The minimum atomic E-state index is -0.226. The number of benzene rings is 2. The van der Waals surface area contributed by atoms with E-state index < -0.39 is 0 Å². The molecule has 0 atom stereocenters. The summed E-state index contributed by atoms with van der Waals surface area (Å²) in [5.74, 6) is 0.852. The number of hydrogen-bond acceptors (Lipinski definition) is 4. The smallest absolute Gasteiger partial charge is 0.247 e. The molecule has 0 aliphatic heterocycles. The lowest BCUT2D eigenvalue weighted by Gasteiger charge is -2.14. The molecule has 112 valence electrons. The van der Waals surface area contributed by atoms with Gasteiger partial charge in [0.05, 0.1) is 6.54 Å². The Kier molecular flexibility index (Phi) is 4.25. The third-order valence-corrected chi connectivity index (χ3v) is 3.26. The van der Waals surface area contributed by atoms with E-state index in [1.807, 2.05) is 42.3 Å². The minimum Gasteiger partial charge on any atom is -0.419 e. The minimum absolute atomic E-state index is 0.226. The number of hydrogen-bond donors (Lipinski definition) is 0. The maximum Gasteiger partial charge on any atom is 0.247 e. The van der Waals surface area contributed by atoms with Crippen LogP contribution in [0.25, 0.3) is 11.5 Å². The van der Waals surface area contributed by atoms with Crippen LogP contribution in [-0.4, -0.2) is 22.1 Å². The molecule has 0 unspecified atom stereocenters. The Labute approximate surface area is 128 Å². The molecule has 3 rings (SSSR count). The van der Waals surface area contributed by atoms with Gasteiger partial charge in [-0.2, -0.15) is 0 Å². The first-order valence-electron chi connectivity index (χ1n) is 7.01. The molecule has 4 nitrogen and oxygen atoms in total. The van der Waals surface area contributed by atoms with Gasteiger partial charge in [-0.1, -0.05) is 30.3 Å². The summed E-state index contributed by atoms with van der Waals surface area (Å²) in [7, 11) is 1.95. The van der Waals surface area contributed by atoms with Crippen molar-refractivity contribution in [3.05, 3.63) is 71.9 Å². The quantitative estimate of drug-likeness (QED) is 0.723. The van der Waals surface area contributed by atoms with Gasteiger partial charge in [0, 0.05) is 12.1 Å². The maximum absolute atomic E-state index is 12.9. The maximum atomic E-state index is 12.9. The second-order valence-corrected chi connectivity index (χ2v) is 5.17. The molecular weight excluding hydrogens is 281 g/mol. The van der Waals surface area contributed by atoms with Gasteiger partial charge < -0.3 is 4.42 Å². The van der Waals surface area contributed by atoms with E-state index in [0.29, 0.717) is 24.9 Å². The zero-order chi connectivity index (χ0) is 15.4. The fourth-order valence-corrected chi connectivity index (χ4v) is 2.20. The van der Waals surface area contributed by atoms with Gasteiger partial charge >= 0.3 is 0 Å². The molecule has 0 saturated carbocycles. The topological polar surface area (TPSA) is 42.2 Å². The molecule has 1 aromatic heterocycles. The third kappa shape index (κ3) is 3.56. The molecule has 0 fully saturated rings. The predicted octanol–water partition coefficient (Wildman–Crippen LogP) is 3.51. The van der Waals surface area contributed by atoms with Gasteiger partial charge in [-0.25, -0.2) is 4.39 Å². The molecular formula is C17H16FN3O. The summed E-state index contributed by atoms with van der Waals surface area (Å²) in [6, 6.07) is 16.1. The molecule has 0 saturated heterocycles. The lowest BCUT2D eigenvalue weighted by atomic mass is 10.2. The van der Waals surface area contributed by atoms with Crippen LogP contribution in [0.15, 0.2) is 59.0 Å². The normalized spacial score (nSPS) is 11.0. The highest BCUT2D eigenvalue weighted by atomic mass is 19.1. The summed E-state index contributed by atoms with van der Waals surface area (Å²) in [4.78, 5) is 2.04. The summed E-state index contributed by atoms with van der Waals surface area (Å²) in [5, 5.41) is 8.14. The molecule has 3 aromatic rings. The van der Waals surface area contributed by atoms with Crippen molar-refractivity contribution < 1.29 is 8.81 Å². The van der Waals surface area contributed by atoms with Crippen LogP contribution in [0.4, 0.5) is 4.39 Å². The largest absolute Gasteiger partial charge is 0.419 e. The highest BCUT2D eigenvalue weighted by molar-refractivity contribution is 5.51. The van der Waals surface area contributed by atoms with E-state index in [4.69, 9.17) is 4.42 Å². The lowest BCUT2D eigenvalue weighted by Crippen LogP contribution is -2.17. The van der Waals surface area contributed by atoms with Crippen molar-refractivity contribution in [3.8, 4) is 11.5 Å². The zero-order valence-electron chi connectivity index (χ0n) is 12.2. The summed E-state index contributed by atoms with van der Waals surface area (Å²) in [5.41, 5.74) is 1.94. The van der Waals surface area contributed by atoms with Crippen LogP contribution in [0.1, 0.15) is 11.5 Å². The van der Waals surface area contributed by atoms with Crippen molar-refractivity contribution in [1.82, 2.24) is 15.1 Å². The van der Waals surface area contributed by atoms with Crippen molar-refractivity contribution in [2.45, 2.75) is 13.1 Å². The van der Waals surface area contributed by atoms with Gasteiger partial charge in [-0.3, -0.25) is 4.90 Å². The number of halogens is 1. The molecule has 5 heteroatoms. The number of rotatable bonds is 5. The predicted molar refractivity (Wildman–Crippen MR) is 81.3 cm³/mol. The van der Waals surface area contributed by atoms with Crippen LogP contribution in [0.2, 0.25) is 0 Å². The third-order valence-electron chi connectivity index (χ3n) is 3.26. The Bertz CT molecular complexity index is 725. The van der Waals surface area contributed by atoms with E-state index in [-0.39, 0.29) is 5.82 Å². The average Bonchev–Trinajstić information content (AvgIpc) is 2.99. The summed E-state index contributed by atoms with van der Waals surface area (Å²) in [6.45, 7) is 1.22. The number of nitrogens with zero attached hydrogens (tertiary/aromatic N) is 3. The molecule has 0 spiro atoms. The van der Waals surface area contributed by atoms with Gasteiger partial charge in [-0.15, -0.1) is 10.2 Å². The van der Waals surface area contributed by atoms with Crippen molar-refractivity contribution in [2.24, 2.45) is 0 Å². The zero-order valence-corrected chi connectivity index (χ0v) is 12.2. The van der Waals surface area contributed by atoms with Crippen molar-refractivity contribution >= 4 is 0 Å². The Balaban J connectivity index is 1.63. The second kappa shape index (κ2) is 6.49. The van der Waals surface area contributed by atoms with E-state index in [9.17, 15) is 4.39 Å². The molecule has 0 aliphatic rings. The Morgan fingerprint density at radius 3 is 2.41 bits per heavy atom. The van der Waals surface area contributed by atoms with Gasteiger partial charge in [0.1, 0.15) is 5.82 Å². The Hall–Kier alpha value is -2.53. The van der Waals surface area contributed by atoms with Crippen LogP contribution < -0.4 is 0 Å². The van der Waals surface area contributed by atoms with Gasteiger partial charge in [-0.05, 0) is 36.9 Å². The van der Waals surface area contributed by atoms with Gasteiger partial charge in [0.25, 0.3) is 0 Å². The van der Waals surface area contributed by atoms with E-state index in [0.717, 1.165) is 11.1 Å². The molecule has 0 aliphatic carbocycles. The van der Waals surface area contributed by atoms with E-state index in [1.54, 1.807) is 12.1 Å².